The molecule has 2 aromatic rings. The summed E-state index contributed by atoms with van der Waals surface area (Å²) in [7, 11) is 0. The van der Waals surface area contributed by atoms with Gasteiger partial charge in [-0.05, 0) is 31.5 Å². The van der Waals surface area contributed by atoms with Gasteiger partial charge in [-0.25, -0.2) is 14.3 Å². The number of hydrogen-bond donors (Lipinski definition) is 2. The zero-order valence-corrected chi connectivity index (χ0v) is 9.13. The van der Waals surface area contributed by atoms with Crippen molar-refractivity contribution in [3.05, 3.63) is 29.7 Å². The zero-order valence-electron chi connectivity index (χ0n) is 9.13. The molecular weight excluding hydrogens is 220 g/mol. The second-order valence-electron chi connectivity index (χ2n) is 4.11. The molecule has 0 aromatic carbocycles. The van der Waals surface area contributed by atoms with Gasteiger partial charge in [-0.2, -0.15) is 0 Å². The van der Waals surface area contributed by atoms with Gasteiger partial charge in [0.05, 0.1) is 6.04 Å². The largest absolute Gasteiger partial charge is 0.477 e. The number of fused-ring (bicyclic) bond motifs is 1. The second-order valence-corrected chi connectivity index (χ2v) is 4.11. The maximum absolute atomic E-state index is 11.0. The summed E-state index contributed by atoms with van der Waals surface area (Å²) in [6.45, 7) is 0.964. The molecular formula is C11H12N4O2. The molecule has 0 spiro atoms. The van der Waals surface area contributed by atoms with Crippen LogP contribution in [0.4, 0.5) is 0 Å². The first kappa shape index (κ1) is 10.2. The lowest BCUT2D eigenvalue weighted by Gasteiger charge is -2.02. The van der Waals surface area contributed by atoms with E-state index in [-0.39, 0.29) is 11.7 Å². The average molecular weight is 232 g/mol. The number of pyridine rings is 1. The Morgan fingerprint density at radius 1 is 1.53 bits per heavy atom. The summed E-state index contributed by atoms with van der Waals surface area (Å²) >= 11 is 0. The molecule has 2 N–H and O–H groups in total. The molecule has 1 aliphatic rings. The highest BCUT2D eigenvalue weighted by Gasteiger charge is 2.21. The van der Waals surface area contributed by atoms with Crippen LogP contribution in [-0.4, -0.2) is 32.2 Å². The van der Waals surface area contributed by atoms with Crippen LogP contribution in [0.1, 0.15) is 35.2 Å². The molecule has 88 valence electrons. The highest BCUT2D eigenvalue weighted by molar-refractivity contribution is 5.86. The van der Waals surface area contributed by atoms with Crippen molar-refractivity contribution in [3.8, 4) is 0 Å². The average Bonchev–Trinajstić information content (AvgIpc) is 2.96. The predicted octanol–water partition coefficient (Wildman–Crippen LogP) is 0.852. The number of carboxylic acids is 1. The minimum Gasteiger partial charge on any atom is -0.477 e. The zero-order chi connectivity index (χ0) is 11.8. The minimum atomic E-state index is -0.994. The highest BCUT2D eigenvalue weighted by atomic mass is 16.4. The van der Waals surface area contributed by atoms with Crippen LogP contribution in [0.2, 0.25) is 0 Å². The number of hydrogen-bond acceptors (Lipinski definition) is 4. The van der Waals surface area contributed by atoms with Gasteiger partial charge in [-0.15, -0.1) is 5.10 Å². The minimum absolute atomic E-state index is 0.138. The summed E-state index contributed by atoms with van der Waals surface area (Å²) in [5.74, 6) is -0.317. The third-order valence-electron chi connectivity index (χ3n) is 2.97. The summed E-state index contributed by atoms with van der Waals surface area (Å²) < 4.78 is 1.39. The van der Waals surface area contributed by atoms with Crippen LogP contribution >= 0.6 is 0 Å². The molecule has 0 radical (unpaired) electrons. The molecule has 1 saturated heterocycles. The van der Waals surface area contributed by atoms with Gasteiger partial charge in [0.1, 0.15) is 0 Å². The molecule has 1 atom stereocenters. The van der Waals surface area contributed by atoms with Gasteiger partial charge < -0.3 is 10.4 Å². The Bertz CT molecular complexity index is 572. The van der Waals surface area contributed by atoms with E-state index in [1.54, 1.807) is 12.1 Å². The van der Waals surface area contributed by atoms with E-state index in [0.717, 1.165) is 19.4 Å². The third-order valence-corrected chi connectivity index (χ3v) is 2.97. The lowest BCUT2D eigenvalue weighted by molar-refractivity contribution is 0.0687. The van der Waals surface area contributed by atoms with Crippen LogP contribution in [0.25, 0.3) is 5.65 Å². The van der Waals surface area contributed by atoms with E-state index in [1.807, 2.05) is 0 Å². The Balaban J connectivity index is 2.11. The molecule has 17 heavy (non-hydrogen) atoms. The Hall–Kier alpha value is -1.95. The van der Waals surface area contributed by atoms with Gasteiger partial charge in [0, 0.05) is 0 Å². The van der Waals surface area contributed by atoms with Crippen molar-refractivity contribution in [2.45, 2.75) is 18.9 Å². The summed E-state index contributed by atoms with van der Waals surface area (Å²) in [6.07, 6.45) is 2.10. The van der Waals surface area contributed by atoms with E-state index in [4.69, 9.17) is 5.11 Å². The van der Waals surface area contributed by atoms with Crippen molar-refractivity contribution in [1.82, 2.24) is 19.9 Å². The first-order valence-electron chi connectivity index (χ1n) is 5.58. The van der Waals surface area contributed by atoms with Crippen molar-refractivity contribution in [2.75, 3.05) is 6.54 Å². The maximum Gasteiger partial charge on any atom is 0.354 e. The third kappa shape index (κ3) is 1.66. The van der Waals surface area contributed by atoms with E-state index in [0.29, 0.717) is 11.5 Å². The number of carbonyl (C=O) groups is 1. The lowest BCUT2D eigenvalue weighted by atomic mass is 10.2. The molecule has 1 fully saturated rings. The smallest absolute Gasteiger partial charge is 0.354 e. The van der Waals surface area contributed by atoms with Gasteiger partial charge in [0.15, 0.2) is 17.2 Å². The summed E-state index contributed by atoms with van der Waals surface area (Å²) in [5, 5.41) is 16.6. The molecule has 1 unspecified atom stereocenters. The van der Waals surface area contributed by atoms with Crippen LogP contribution in [-0.2, 0) is 0 Å². The molecule has 6 heteroatoms. The van der Waals surface area contributed by atoms with Crippen molar-refractivity contribution in [2.24, 2.45) is 0 Å². The quantitative estimate of drug-likeness (QED) is 0.802. The highest BCUT2D eigenvalue weighted by Crippen LogP contribution is 2.20. The predicted molar refractivity (Wildman–Crippen MR) is 59.9 cm³/mol. The molecule has 1 aliphatic heterocycles. The number of aromatic nitrogens is 3. The van der Waals surface area contributed by atoms with Crippen LogP contribution < -0.4 is 5.32 Å². The van der Waals surface area contributed by atoms with Crippen molar-refractivity contribution in [3.63, 3.8) is 0 Å². The van der Waals surface area contributed by atoms with E-state index in [2.05, 4.69) is 15.4 Å². The SMILES string of the molecule is O=C(O)c1cccc2nc(C3CCCN3)nn12. The van der Waals surface area contributed by atoms with E-state index < -0.39 is 5.97 Å². The van der Waals surface area contributed by atoms with Crippen molar-refractivity contribution >= 4 is 11.6 Å². The van der Waals surface area contributed by atoms with Crippen LogP contribution in [0.15, 0.2) is 18.2 Å². The molecule has 2 aromatic heterocycles. The van der Waals surface area contributed by atoms with Crippen LogP contribution in [0.5, 0.6) is 0 Å². The lowest BCUT2D eigenvalue weighted by Crippen LogP contribution is -2.14. The topological polar surface area (TPSA) is 79.5 Å². The fraction of sp³-hybridized carbons (Fsp3) is 0.364. The fourth-order valence-corrected chi connectivity index (χ4v) is 2.14. The molecule has 0 bridgehead atoms. The summed E-state index contributed by atoms with van der Waals surface area (Å²) in [4.78, 5) is 15.4. The summed E-state index contributed by atoms with van der Waals surface area (Å²) in [5.41, 5.74) is 0.716. The van der Waals surface area contributed by atoms with E-state index in [9.17, 15) is 4.79 Å². The van der Waals surface area contributed by atoms with Gasteiger partial charge in [-0.3, -0.25) is 0 Å². The molecule has 0 aliphatic carbocycles. The van der Waals surface area contributed by atoms with E-state index >= 15 is 0 Å². The Labute approximate surface area is 97.3 Å². The van der Waals surface area contributed by atoms with Gasteiger partial charge in [-0.1, -0.05) is 6.07 Å². The first-order chi connectivity index (χ1) is 8.25. The molecule has 6 nitrogen and oxygen atoms in total. The van der Waals surface area contributed by atoms with Crippen molar-refractivity contribution < 1.29 is 9.90 Å². The number of nitrogens with one attached hydrogen (secondary N) is 1. The normalized spacial score (nSPS) is 19.9. The number of nitrogens with zero attached hydrogens (tertiary/aromatic N) is 3. The first-order valence-corrected chi connectivity index (χ1v) is 5.58. The fourth-order valence-electron chi connectivity index (χ4n) is 2.14. The maximum atomic E-state index is 11.0. The van der Waals surface area contributed by atoms with Crippen molar-refractivity contribution in [1.29, 1.82) is 0 Å². The molecule has 0 amide bonds. The Kier molecular flexibility index (Phi) is 2.29. The number of aromatic carboxylic acids is 1. The molecule has 3 heterocycles. The van der Waals surface area contributed by atoms with E-state index in [1.165, 1.54) is 10.6 Å². The van der Waals surface area contributed by atoms with Gasteiger partial charge in [0.2, 0.25) is 0 Å². The Morgan fingerprint density at radius 2 is 2.41 bits per heavy atom. The molecule has 0 saturated carbocycles. The monoisotopic (exact) mass is 232 g/mol. The number of carboxylic acid groups (broad SMARTS) is 1. The van der Waals surface area contributed by atoms with Gasteiger partial charge >= 0.3 is 5.97 Å². The summed E-state index contributed by atoms with van der Waals surface area (Å²) in [6, 6.07) is 5.11. The molecule has 3 rings (SSSR count). The van der Waals surface area contributed by atoms with Crippen LogP contribution in [0, 0.1) is 0 Å². The second kappa shape index (κ2) is 3.81. The standard InChI is InChI=1S/C11H12N4O2/c16-11(17)8-4-1-5-9-13-10(14-15(8)9)7-3-2-6-12-7/h1,4-5,7,12H,2-3,6H2,(H,16,17). The van der Waals surface area contributed by atoms with Crippen LogP contribution in [0.3, 0.4) is 0 Å². The number of rotatable bonds is 2. The van der Waals surface area contributed by atoms with Gasteiger partial charge in [0.25, 0.3) is 0 Å². The Morgan fingerprint density at radius 3 is 3.12 bits per heavy atom.